The molecule has 0 saturated heterocycles. The van der Waals surface area contributed by atoms with E-state index in [1.54, 1.807) is 7.11 Å². The van der Waals surface area contributed by atoms with Crippen molar-refractivity contribution in [3.63, 3.8) is 0 Å². The van der Waals surface area contributed by atoms with Crippen molar-refractivity contribution in [2.45, 2.75) is 12.3 Å². The Kier molecular flexibility index (Phi) is 4.63. The molecule has 2 aromatic carbocycles. The average Bonchev–Trinajstić information content (AvgIpc) is 2.45. The van der Waals surface area contributed by atoms with Crippen LogP contribution in [0.1, 0.15) is 23.5 Å². The van der Waals surface area contributed by atoms with E-state index in [1.165, 1.54) is 0 Å². The molecular weight excluding hydrogens is 256 g/mol. The Hall–Kier alpha value is -1.74. The Morgan fingerprint density at radius 2 is 1.74 bits per heavy atom. The van der Waals surface area contributed by atoms with Crippen molar-refractivity contribution in [1.82, 2.24) is 0 Å². The van der Waals surface area contributed by atoms with Crippen molar-refractivity contribution in [2.75, 3.05) is 7.11 Å². The second kappa shape index (κ2) is 6.43. The Labute approximate surface area is 118 Å². The third kappa shape index (κ3) is 3.38. The molecule has 1 unspecified atom stereocenters. The second-order valence-electron chi connectivity index (χ2n) is 4.30. The maximum atomic E-state index is 11.4. The third-order valence-electron chi connectivity index (χ3n) is 3.10. The molecule has 2 aromatic rings. The molecule has 0 aliphatic rings. The minimum absolute atomic E-state index is 0.0256. The number of benzene rings is 2. The molecule has 3 heteroatoms. The second-order valence-corrected chi connectivity index (χ2v) is 4.80. The third-order valence-corrected chi connectivity index (χ3v) is 3.28. The van der Waals surface area contributed by atoms with Crippen LogP contribution in [0.3, 0.4) is 0 Å². The van der Waals surface area contributed by atoms with Crippen LogP contribution in [0.5, 0.6) is 5.75 Å². The fraction of sp³-hybridized carbons (Fsp3) is 0.188. The van der Waals surface area contributed by atoms with Gasteiger partial charge in [-0.2, -0.15) is 0 Å². The molecule has 0 aromatic heterocycles. The van der Waals surface area contributed by atoms with Gasteiger partial charge in [0.25, 0.3) is 0 Å². The summed E-state index contributed by atoms with van der Waals surface area (Å²) >= 11 is 3.92. The van der Waals surface area contributed by atoms with Gasteiger partial charge in [-0.1, -0.05) is 48.5 Å². The van der Waals surface area contributed by atoms with Gasteiger partial charge in [0.05, 0.1) is 7.11 Å². The molecule has 0 aliphatic carbocycles. The van der Waals surface area contributed by atoms with Gasteiger partial charge in [-0.25, -0.2) is 0 Å². The molecule has 98 valence electrons. The molecule has 0 N–H and O–H groups in total. The molecule has 0 aliphatic heterocycles. The number of hydrogen-bond acceptors (Lipinski definition) is 2. The van der Waals surface area contributed by atoms with E-state index in [1.807, 2.05) is 54.6 Å². The van der Waals surface area contributed by atoms with Gasteiger partial charge in [-0.3, -0.25) is 4.79 Å². The Morgan fingerprint density at radius 3 is 2.37 bits per heavy atom. The lowest BCUT2D eigenvalue weighted by Gasteiger charge is -2.19. The lowest BCUT2D eigenvalue weighted by atomic mass is 9.88. The van der Waals surface area contributed by atoms with Crippen molar-refractivity contribution in [3.05, 3.63) is 65.7 Å². The van der Waals surface area contributed by atoms with E-state index in [-0.39, 0.29) is 11.0 Å². The number of rotatable bonds is 5. The van der Waals surface area contributed by atoms with E-state index in [2.05, 4.69) is 12.6 Å². The van der Waals surface area contributed by atoms with Gasteiger partial charge in [0, 0.05) is 17.9 Å². The summed E-state index contributed by atoms with van der Waals surface area (Å²) < 4.78 is 5.39. The first-order valence-corrected chi connectivity index (χ1v) is 6.56. The van der Waals surface area contributed by atoms with Crippen LogP contribution in [0.25, 0.3) is 0 Å². The van der Waals surface area contributed by atoms with Gasteiger partial charge in [0.15, 0.2) is 5.12 Å². The number of carbonyl (C=O) groups is 1. The zero-order valence-electron chi connectivity index (χ0n) is 10.7. The van der Waals surface area contributed by atoms with Crippen LogP contribution in [0.15, 0.2) is 54.6 Å². The summed E-state index contributed by atoms with van der Waals surface area (Å²) in [5, 5.41) is -0.125. The van der Waals surface area contributed by atoms with Crippen LogP contribution in [0.4, 0.5) is 0 Å². The molecule has 19 heavy (non-hydrogen) atoms. The van der Waals surface area contributed by atoms with Crippen LogP contribution in [0.2, 0.25) is 0 Å². The summed E-state index contributed by atoms with van der Waals surface area (Å²) in [4.78, 5) is 11.4. The van der Waals surface area contributed by atoms with E-state index in [0.717, 1.165) is 16.9 Å². The molecule has 0 saturated carbocycles. The minimum atomic E-state index is -0.125. The summed E-state index contributed by atoms with van der Waals surface area (Å²) in [6.45, 7) is 0. The van der Waals surface area contributed by atoms with E-state index < -0.39 is 0 Å². The van der Waals surface area contributed by atoms with Gasteiger partial charge in [-0.15, -0.1) is 12.6 Å². The highest BCUT2D eigenvalue weighted by atomic mass is 32.1. The molecule has 0 bridgehead atoms. The van der Waals surface area contributed by atoms with Gasteiger partial charge >= 0.3 is 0 Å². The number of ether oxygens (including phenoxy) is 1. The minimum Gasteiger partial charge on any atom is -0.496 e. The highest BCUT2D eigenvalue weighted by molar-refractivity contribution is 7.96. The Morgan fingerprint density at radius 1 is 1.11 bits per heavy atom. The number of thiol groups is 1. The van der Waals surface area contributed by atoms with E-state index >= 15 is 0 Å². The van der Waals surface area contributed by atoms with Crippen molar-refractivity contribution in [2.24, 2.45) is 0 Å². The quantitative estimate of drug-likeness (QED) is 0.840. The van der Waals surface area contributed by atoms with Crippen molar-refractivity contribution in [3.8, 4) is 5.75 Å². The topological polar surface area (TPSA) is 26.3 Å². The van der Waals surface area contributed by atoms with Crippen LogP contribution < -0.4 is 4.74 Å². The van der Waals surface area contributed by atoms with Crippen molar-refractivity contribution < 1.29 is 9.53 Å². The van der Waals surface area contributed by atoms with E-state index in [4.69, 9.17) is 4.74 Å². The molecular formula is C16H16O2S. The van der Waals surface area contributed by atoms with Crippen LogP contribution in [0, 0.1) is 0 Å². The van der Waals surface area contributed by atoms with Gasteiger partial charge < -0.3 is 4.74 Å². The van der Waals surface area contributed by atoms with Crippen molar-refractivity contribution in [1.29, 1.82) is 0 Å². The highest BCUT2D eigenvalue weighted by Gasteiger charge is 2.19. The predicted molar refractivity (Wildman–Crippen MR) is 79.9 cm³/mol. The fourth-order valence-electron chi connectivity index (χ4n) is 2.22. The zero-order valence-corrected chi connectivity index (χ0v) is 11.6. The molecule has 0 spiro atoms. The first-order chi connectivity index (χ1) is 9.22. The van der Waals surface area contributed by atoms with Crippen LogP contribution >= 0.6 is 12.6 Å². The number of methoxy groups -OCH3 is 1. The van der Waals surface area contributed by atoms with E-state index in [0.29, 0.717) is 6.42 Å². The first kappa shape index (κ1) is 13.7. The number of para-hydroxylation sites is 1. The lowest BCUT2D eigenvalue weighted by Crippen LogP contribution is -2.06. The Balaban J connectivity index is 2.46. The lowest BCUT2D eigenvalue weighted by molar-refractivity contribution is -0.111. The standard InChI is InChI=1S/C16H16O2S/c1-18-15-10-6-5-9-13(15)14(11-16(17)19)12-7-3-2-4-8-12/h2-10,14H,11H2,1H3,(H,17,19). The van der Waals surface area contributed by atoms with Gasteiger partial charge in [0.2, 0.25) is 0 Å². The molecule has 2 rings (SSSR count). The summed E-state index contributed by atoms with van der Waals surface area (Å²) in [6.07, 6.45) is 0.355. The maximum absolute atomic E-state index is 11.4. The highest BCUT2D eigenvalue weighted by Crippen LogP contribution is 2.34. The van der Waals surface area contributed by atoms with Gasteiger partial charge in [-0.05, 0) is 11.6 Å². The van der Waals surface area contributed by atoms with Crippen LogP contribution in [-0.4, -0.2) is 12.2 Å². The fourth-order valence-corrected chi connectivity index (χ4v) is 2.40. The van der Waals surface area contributed by atoms with Crippen molar-refractivity contribution >= 4 is 17.7 Å². The molecule has 2 nitrogen and oxygen atoms in total. The summed E-state index contributed by atoms with van der Waals surface area (Å²) in [7, 11) is 1.64. The van der Waals surface area contributed by atoms with E-state index in [9.17, 15) is 4.79 Å². The molecule has 0 fully saturated rings. The largest absolute Gasteiger partial charge is 0.496 e. The normalized spacial score (nSPS) is 11.9. The SMILES string of the molecule is COc1ccccc1C(CC(=O)S)c1ccccc1. The first-order valence-electron chi connectivity index (χ1n) is 6.12. The summed E-state index contributed by atoms with van der Waals surface area (Å²) in [5.74, 6) is 0.772. The van der Waals surface area contributed by atoms with Gasteiger partial charge in [0.1, 0.15) is 5.75 Å². The zero-order chi connectivity index (χ0) is 13.7. The smallest absolute Gasteiger partial charge is 0.186 e. The van der Waals surface area contributed by atoms with Crippen LogP contribution in [-0.2, 0) is 4.79 Å². The maximum Gasteiger partial charge on any atom is 0.186 e. The molecule has 1 atom stereocenters. The Bertz CT molecular complexity index is 552. The average molecular weight is 272 g/mol. The predicted octanol–water partition coefficient (Wildman–Crippen LogP) is 3.67. The molecule has 0 heterocycles. The molecule has 0 radical (unpaired) electrons. The molecule has 0 amide bonds. The monoisotopic (exact) mass is 272 g/mol. The summed E-state index contributed by atoms with van der Waals surface area (Å²) in [5.41, 5.74) is 2.10. The number of hydrogen-bond donors (Lipinski definition) is 1. The summed E-state index contributed by atoms with van der Waals surface area (Å²) in [6, 6.07) is 17.7. The number of carbonyl (C=O) groups excluding carboxylic acids is 1.